The van der Waals surface area contributed by atoms with E-state index in [0.717, 1.165) is 0 Å². The fourth-order valence-electron chi connectivity index (χ4n) is 1.20. The van der Waals surface area contributed by atoms with Gasteiger partial charge >= 0.3 is 6.18 Å². The number of hydrogen-bond donors (Lipinski definition) is 2. The van der Waals surface area contributed by atoms with Crippen molar-refractivity contribution in [1.29, 1.82) is 0 Å². The van der Waals surface area contributed by atoms with Crippen LogP contribution in [0.5, 0.6) is 0 Å². The number of nitrogens with zero attached hydrogens (tertiary/aromatic N) is 2. The molecule has 102 valence electrons. The molecule has 0 radical (unpaired) electrons. The molecule has 0 spiro atoms. The topological polar surface area (TPSA) is 72.9 Å². The molecule has 1 aromatic rings. The molecule has 1 aromatic heterocycles. The summed E-state index contributed by atoms with van der Waals surface area (Å²) in [5, 5.41) is 6.32. The highest BCUT2D eigenvalue weighted by Crippen LogP contribution is 2.19. The molecule has 18 heavy (non-hydrogen) atoms. The zero-order valence-corrected chi connectivity index (χ0v) is 10.9. The van der Waals surface area contributed by atoms with Crippen LogP contribution in [0.25, 0.3) is 0 Å². The van der Waals surface area contributed by atoms with Crippen LogP contribution in [-0.2, 0) is 6.54 Å². The molecule has 3 N–H and O–H groups in total. The fourth-order valence-corrected chi connectivity index (χ4v) is 1.64. The number of hydrogen-bond acceptors (Lipinski definition) is 4. The second-order valence-corrected chi connectivity index (χ2v) is 4.31. The maximum absolute atomic E-state index is 12.2. The van der Waals surface area contributed by atoms with Gasteiger partial charge in [0, 0.05) is 6.54 Å². The van der Waals surface area contributed by atoms with Crippen molar-refractivity contribution in [3.63, 3.8) is 0 Å². The van der Waals surface area contributed by atoms with Crippen LogP contribution < -0.4 is 16.6 Å². The Morgan fingerprint density at radius 1 is 1.50 bits per heavy atom. The van der Waals surface area contributed by atoms with Crippen LogP contribution in [0.4, 0.5) is 18.9 Å². The van der Waals surface area contributed by atoms with E-state index in [4.69, 9.17) is 5.73 Å². The van der Waals surface area contributed by atoms with Crippen LogP contribution in [0, 0.1) is 0 Å². The SMILES string of the molecule is NCCCNc1cnn(CC(F)(F)F)c(=O)c1Br. The Kier molecular flexibility index (Phi) is 5.15. The van der Waals surface area contributed by atoms with Gasteiger partial charge in [-0.3, -0.25) is 4.79 Å². The lowest BCUT2D eigenvalue weighted by Gasteiger charge is -2.11. The molecule has 0 aliphatic heterocycles. The molecule has 0 aliphatic carbocycles. The van der Waals surface area contributed by atoms with Gasteiger partial charge < -0.3 is 11.1 Å². The number of rotatable bonds is 5. The van der Waals surface area contributed by atoms with Gasteiger partial charge in [-0.05, 0) is 28.9 Å². The second-order valence-electron chi connectivity index (χ2n) is 3.52. The maximum atomic E-state index is 12.2. The Hall–Kier alpha value is -1.09. The van der Waals surface area contributed by atoms with E-state index in [2.05, 4.69) is 26.3 Å². The molecule has 0 amide bonds. The molecule has 1 heterocycles. The Balaban J connectivity index is 2.88. The minimum atomic E-state index is -4.48. The minimum Gasteiger partial charge on any atom is -0.383 e. The van der Waals surface area contributed by atoms with Gasteiger partial charge in [0.25, 0.3) is 5.56 Å². The average Bonchev–Trinajstić information content (AvgIpc) is 2.27. The van der Waals surface area contributed by atoms with Crippen molar-refractivity contribution in [2.24, 2.45) is 5.73 Å². The zero-order valence-electron chi connectivity index (χ0n) is 9.30. The number of aromatic nitrogens is 2. The van der Waals surface area contributed by atoms with Gasteiger partial charge in [-0.25, -0.2) is 4.68 Å². The van der Waals surface area contributed by atoms with Gasteiger partial charge in [0.2, 0.25) is 0 Å². The van der Waals surface area contributed by atoms with E-state index in [0.29, 0.717) is 29.9 Å². The average molecular weight is 329 g/mol. The first-order chi connectivity index (χ1) is 8.35. The molecule has 0 atom stereocenters. The normalized spacial score (nSPS) is 11.6. The molecule has 0 saturated heterocycles. The quantitative estimate of drug-likeness (QED) is 0.800. The number of alkyl halides is 3. The van der Waals surface area contributed by atoms with E-state index in [1.165, 1.54) is 6.20 Å². The van der Waals surface area contributed by atoms with Crippen molar-refractivity contribution >= 4 is 21.6 Å². The monoisotopic (exact) mass is 328 g/mol. The van der Waals surface area contributed by atoms with E-state index in [1.54, 1.807) is 0 Å². The van der Waals surface area contributed by atoms with Gasteiger partial charge in [-0.15, -0.1) is 0 Å². The Morgan fingerprint density at radius 2 is 2.17 bits per heavy atom. The van der Waals surface area contributed by atoms with Crippen molar-refractivity contribution in [1.82, 2.24) is 9.78 Å². The Morgan fingerprint density at radius 3 is 2.72 bits per heavy atom. The van der Waals surface area contributed by atoms with E-state index in [1.807, 2.05) is 0 Å². The first kappa shape index (κ1) is 15.0. The van der Waals surface area contributed by atoms with E-state index < -0.39 is 18.3 Å². The van der Waals surface area contributed by atoms with Crippen molar-refractivity contribution < 1.29 is 13.2 Å². The van der Waals surface area contributed by atoms with Gasteiger partial charge in [0.05, 0.1) is 11.9 Å². The third-order valence-electron chi connectivity index (χ3n) is 2.01. The molecule has 0 aromatic carbocycles. The van der Waals surface area contributed by atoms with E-state index in [-0.39, 0.29) is 4.47 Å². The lowest BCUT2D eigenvalue weighted by molar-refractivity contribution is -0.143. The summed E-state index contributed by atoms with van der Waals surface area (Å²) in [6, 6.07) is 0. The van der Waals surface area contributed by atoms with Crippen LogP contribution in [0.3, 0.4) is 0 Å². The summed E-state index contributed by atoms with van der Waals surface area (Å²) in [6.07, 6.45) is -2.63. The zero-order chi connectivity index (χ0) is 13.8. The summed E-state index contributed by atoms with van der Waals surface area (Å²) in [4.78, 5) is 11.6. The van der Waals surface area contributed by atoms with Crippen LogP contribution in [0.1, 0.15) is 6.42 Å². The maximum Gasteiger partial charge on any atom is 0.408 e. The van der Waals surface area contributed by atoms with Crippen molar-refractivity contribution in [3.8, 4) is 0 Å². The third-order valence-corrected chi connectivity index (χ3v) is 2.78. The highest BCUT2D eigenvalue weighted by molar-refractivity contribution is 9.10. The molecule has 0 aliphatic rings. The predicted octanol–water partition coefficient (Wildman–Crippen LogP) is 1.33. The Labute approximate surface area is 109 Å². The van der Waals surface area contributed by atoms with Crippen molar-refractivity contribution in [2.45, 2.75) is 19.1 Å². The predicted molar refractivity (Wildman–Crippen MR) is 64.4 cm³/mol. The van der Waals surface area contributed by atoms with Gasteiger partial charge in [-0.2, -0.15) is 18.3 Å². The summed E-state index contributed by atoms with van der Waals surface area (Å²) >= 11 is 2.96. The standard InChI is InChI=1S/C9H12BrF3N4O/c10-7-6(15-3-1-2-14)4-16-17(8(7)18)5-9(11,12)13/h4,15H,1-3,5,14H2. The summed E-state index contributed by atoms with van der Waals surface area (Å²) < 4.78 is 36.9. The highest BCUT2D eigenvalue weighted by atomic mass is 79.9. The second kappa shape index (κ2) is 6.19. The summed E-state index contributed by atoms with van der Waals surface area (Å²) in [7, 11) is 0. The number of halogens is 4. The molecular weight excluding hydrogens is 317 g/mol. The van der Waals surface area contributed by atoms with Crippen molar-refractivity contribution in [3.05, 3.63) is 21.0 Å². The first-order valence-corrected chi connectivity index (χ1v) is 5.91. The molecular formula is C9H12BrF3N4O. The van der Waals surface area contributed by atoms with Crippen LogP contribution in [0.15, 0.2) is 15.5 Å². The van der Waals surface area contributed by atoms with E-state index in [9.17, 15) is 18.0 Å². The molecule has 0 fully saturated rings. The number of nitrogens with one attached hydrogen (secondary N) is 1. The molecule has 9 heteroatoms. The molecule has 0 unspecified atom stereocenters. The molecule has 5 nitrogen and oxygen atoms in total. The highest BCUT2D eigenvalue weighted by Gasteiger charge is 2.29. The summed E-state index contributed by atoms with van der Waals surface area (Å²) in [5.41, 5.74) is 4.82. The summed E-state index contributed by atoms with van der Waals surface area (Å²) in [5.74, 6) is 0. The first-order valence-electron chi connectivity index (χ1n) is 5.11. The van der Waals surface area contributed by atoms with Crippen LogP contribution in [0.2, 0.25) is 0 Å². The Bertz CT molecular complexity index is 460. The smallest absolute Gasteiger partial charge is 0.383 e. The molecule has 1 rings (SSSR count). The number of nitrogens with two attached hydrogens (primary N) is 1. The molecule has 0 saturated carbocycles. The van der Waals surface area contributed by atoms with Crippen molar-refractivity contribution in [2.75, 3.05) is 18.4 Å². The lowest BCUT2D eigenvalue weighted by Crippen LogP contribution is -2.31. The number of anilines is 1. The third kappa shape index (κ3) is 4.30. The lowest BCUT2D eigenvalue weighted by atomic mass is 10.4. The van der Waals surface area contributed by atoms with Gasteiger partial charge in [-0.1, -0.05) is 0 Å². The van der Waals surface area contributed by atoms with Crippen LogP contribution >= 0.6 is 15.9 Å². The minimum absolute atomic E-state index is 0.0266. The molecule has 0 bridgehead atoms. The van der Waals surface area contributed by atoms with Crippen LogP contribution in [-0.4, -0.2) is 29.0 Å². The fraction of sp³-hybridized carbons (Fsp3) is 0.556. The summed E-state index contributed by atoms with van der Waals surface area (Å²) in [6.45, 7) is -0.420. The van der Waals surface area contributed by atoms with Gasteiger partial charge in [0.15, 0.2) is 0 Å². The van der Waals surface area contributed by atoms with E-state index >= 15 is 0 Å². The van der Waals surface area contributed by atoms with Gasteiger partial charge in [0.1, 0.15) is 11.0 Å². The largest absolute Gasteiger partial charge is 0.408 e.